The zero-order valence-corrected chi connectivity index (χ0v) is 20.5. The van der Waals surface area contributed by atoms with E-state index in [-0.39, 0.29) is 17.9 Å². The van der Waals surface area contributed by atoms with Gasteiger partial charge in [0.2, 0.25) is 0 Å². The molecular weight excluding hydrogens is 565 g/mol. The number of nitro groups is 1. The molecule has 0 atom stereocenters. The number of nitrogens with one attached hydrogen (secondary N) is 1. The van der Waals surface area contributed by atoms with Crippen LogP contribution in [0.2, 0.25) is 0 Å². The number of amides is 4. The summed E-state index contributed by atoms with van der Waals surface area (Å²) in [5.74, 6) is -0.949. The van der Waals surface area contributed by atoms with Gasteiger partial charge < -0.3 is 4.74 Å². The molecule has 3 aromatic rings. The van der Waals surface area contributed by atoms with E-state index in [1.54, 1.807) is 61.5 Å². The van der Waals surface area contributed by atoms with Crippen LogP contribution in [-0.4, -0.2) is 22.8 Å². The molecule has 0 aliphatic carbocycles. The highest BCUT2D eigenvalue weighted by Crippen LogP contribution is 2.27. The fourth-order valence-corrected chi connectivity index (χ4v) is 4.20. The number of non-ortho nitro benzene ring substituents is 1. The zero-order valence-electron chi connectivity index (χ0n) is 18.4. The summed E-state index contributed by atoms with van der Waals surface area (Å²) in [6, 6.07) is 17.4. The highest BCUT2D eigenvalue weighted by molar-refractivity contribution is 14.1. The standard InChI is InChI=1S/C25H18IN3O6/c1-15-5-2-3-8-21(15)28-24(31)19(23(30)27-25(28)32)12-16-9-10-22(20(26)13-16)35-14-17-6-4-7-18(11-17)29(33)34/h2-13H,14H2,1H3,(H,27,30,32)/b19-12+. The Morgan fingerprint density at radius 3 is 2.54 bits per heavy atom. The molecule has 0 saturated carbocycles. The molecule has 35 heavy (non-hydrogen) atoms. The van der Waals surface area contributed by atoms with Crippen molar-refractivity contribution in [2.75, 3.05) is 4.90 Å². The van der Waals surface area contributed by atoms with E-state index >= 15 is 0 Å². The number of imide groups is 2. The third-order valence-corrected chi connectivity index (χ3v) is 6.08. The van der Waals surface area contributed by atoms with E-state index < -0.39 is 22.8 Å². The first-order valence-electron chi connectivity index (χ1n) is 10.4. The lowest BCUT2D eigenvalue weighted by Crippen LogP contribution is -2.54. The number of urea groups is 1. The first kappa shape index (κ1) is 24.1. The van der Waals surface area contributed by atoms with E-state index in [1.165, 1.54) is 18.2 Å². The van der Waals surface area contributed by atoms with Crippen LogP contribution < -0.4 is 15.0 Å². The number of hydrogen-bond acceptors (Lipinski definition) is 6. The molecule has 1 aliphatic rings. The number of rotatable bonds is 6. The number of carbonyl (C=O) groups is 3. The van der Waals surface area contributed by atoms with Crippen molar-refractivity contribution in [2.45, 2.75) is 13.5 Å². The lowest BCUT2D eigenvalue weighted by Gasteiger charge is -2.27. The monoisotopic (exact) mass is 583 g/mol. The van der Waals surface area contributed by atoms with E-state index in [2.05, 4.69) is 27.9 Å². The molecule has 9 nitrogen and oxygen atoms in total. The van der Waals surface area contributed by atoms with Gasteiger partial charge in [0, 0.05) is 12.1 Å². The van der Waals surface area contributed by atoms with E-state index in [0.29, 0.717) is 31.7 Å². The zero-order chi connectivity index (χ0) is 25.1. The fraction of sp³-hybridized carbons (Fsp3) is 0.0800. The minimum Gasteiger partial charge on any atom is -0.488 e. The number of ether oxygens (including phenoxy) is 1. The van der Waals surface area contributed by atoms with Crippen LogP contribution in [0.4, 0.5) is 16.2 Å². The lowest BCUT2D eigenvalue weighted by molar-refractivity contribution is -0.384. The molecule has 0 spiro atoms. The maximum Gasteiger partial charge on any atom is 0.335 e. The number of aryl methyl sites for hydroxylation is 1. The minimum absolute atomic E-state index is 0.0172. The predicted octanol–water partition coefficient (Wildman–Crippen LogP) is 4.75. The Bertz CT molecular complexity index is 1400. The molecular formula is C25H18IN3O6. The molecule has 1 saturated heterocycles. The SMILES string of the molecule is Cc1ccccc1N1C(=O)NC(=O)/C(=C\c2ccc(OCc3cccc([N+](=O)[O-])c3)c(I)c2)C1=O. The summed E-state index contributed by atoms with van der Waals surface area (Å²) in [4.78, 5) is 49.4. The maximum absolute atomic E-state index is 13.1. The van der Waals surface area contributed by atoms with E-state index in [1.807, 2.05) is 0 Å². The first-order chi connectivity index (χ1) is 16.7. The van der Waals surface area contributed by atoms with Gasteiger partial charge in [0.1, 0.15) is 17.9 Å². The van der Waals surface area contributed by atoms with Crippen molar-refractivity contribution in [3.05, 3.63) is 103 Å². The second kappa shape index (κ2) is 10.1. The van der Waals surface area contributed by atoms with Gasteiger partial charge in [-0.3, -0.25) is 25.0 Å². The van der Waals surface area contributed by atoms with Gasteiger partial charge in [-0.25, -0.2) is 9.69 Å². The van der Waals surface area contributed by atoms with E-state index in [0.717, 1.165) is 4.90 Å². The molecule has 0 aromatic heterocycles. The van der Waals surface area contributed by atoms with Gasteiger partial charge >= 0.3 is 6.03 Å². The van der Waals surface area contributed by atoms with Crippen LogP contribution in [0.3, 0.4) is 0 Å². The molecule has 0 unspecified atom stereocenters. The Balaban J connectivity index is 1.55. The molecule has 176 valence electrons. The van der Waals surface area contributed by atoms with Crippen molar-refractivity contribution >= 4 is 57.9 Å². The van der Waals surface area contributed by atoms with Gasteiger partial charge in [0.15, 0.2) is 0 Å². The number of barbiturate groups is 1. The lowest BCUT2D eigenvalue weighted by atomic mass is 10.1. The third kappa shape index (κ3) is 5.22. The number of benzene rings is 3. The Kier molecular flexibility index (Phi) is 6.92. The van der Waals surface area contributed by atoms with Crippen molar-refractivity contribution < 1.29 is 24.0 Å². The first-order valence-corrected chi connectivity index (χ1v) is 11.5. The summed E-state index contributed by atoms with van der Waals surface area (Å²) in [5.41, 5.74) is 2.13. The van der Waals surface area contributed by atoms with Crippen LogP contribution in [-0.2, 0) is 16.2 Å². The average Bonchev–Trinajstić information content (AvgIpc) is 2.82. The summed E-state index contributed by atoms with van der Waals surface area (Å²) in [6.07, 6.45) is 1.42. The van der Waals surface area contributed by atoms with E-state index in [9.17, 15) is 24.5 Å². The van der Waals surface area contributed by atoms with Gasteiger partial charge in [-0.15, -0.1) is 0 Å². The highest BCUT2D eigenvalue weighted by atomic mass is 127. The van der Waals surface area contributed by atoms with Crippen molar-refractivity contribution in [1.82, 2.24) is 5.32 Å². The summed E-state index contributed by atoms with van der Waals surface area (Å²) < 4.78 is 6.50. The molecule has 4 rings (SSSR count). The molecule has 1 heterocycles. The number of halogens is 1. The summed E-state index contributed by atoms with van der Waals surface area (Å²) >= 11 is 2.06. The van der Waals surface area contributed by atoms with Gasteiger partial charge in [-0.2, -0.15) is 0 Å². The Morgan fingerprint density at radius 2 is 1.83 bits per heavy atom. The topological polar surface area (TPSA) is 119 Å². The van der Waals surface area contributed by atoms with Crippen molar-refractivity contribution in [3.8, 4) is 5.75 Å². The molecule has 10 heteroatoms. The normalized spacial score (nSPS) is 14.7. The molecule has 0 radical (unpaired) electrons. The van der Waals surface area contributed by atoms with Crippen LogP contribution in [0.25, 0.3) is 6.08 Å². The summed E-state index contributed by atoms with van der Waals surface area (Å²) in [7, 11) is 0. The largest absolute Gasteiger partial charge is 0.488 e. The smallest absolute Gasteiger partial charge is 0.335 e. The van der Waals surface area contributed by atoms with Crippen molar-refractivity contribution in [1.29, 1.82) is 0 Å². The van der Waals surface area contributed by atoms with Crippen molar-refractivity contribution in [2.24, 2.45) is 0 Å². The van der Waals surface area contributed by atoms with Crippen LogP contribution in [0.5, 0.6) is 5.75 Å². The average molecular weight is 583 g/mol. The Hall–Kier alpha value is -4.06. The summed E-state index contributed by atoms with van der Waals surface area (Å²) in [6.45, 7) is 1.90. The number of carbonyl (C=O) groups excluding carboxylic acids is 3. The van der Waals surface area contributed by atoms with Gasteiger partial charge in [-0.05, 0) is 70.5 Å². The van der Waals surface area contributed by atoms with Crippen LogP contribution in [0, 0.1) is 20.6 Å². The van der Waals surface area contributed by atoms with Gasteiger partial charge in [-0.1, -0.05) is 36.4 Å². The molecule has 4 amide bonds. The van der Waals surface area contributed by atoms with Crippen LogP contribution >= 0.6 is 22.6 Å². The number of nitrogens with zero attached hydrogens (tertiary/aromatic N) is 2. The Morgan fingerprint density at radius 1 is 1.06 bits per heavy atom. The molecule has 0 bridgehead atoms. The van der Waals surface area contributed by atoms with Gasteiger partial charge in [0.05, 0.1) is 14.2 Å². The summed E-state index contributed by atoms with van der Waals surface area (Å²) in [5, 5.41) is 13.2. The quantitative estimate of drug-likeness (QED) is 0.147. The third-order valence-electron chi connectivity index (χ3n) is 5.24. The Labute approximate surface area is 213 Å². The van der Waals surface area contributed by atoms with Crippen molar-refractivity contribution in [3.63, 3.8) is 0 Å². The second-order valence-electron chi connectivity index (χ2n) is 7.65. The number of anilines is 1. The number of nitro benzene ring substituents is 1. The van der Waals surface area contributed by atoms with E-state index in [4.69, 9.17) is 4.74 Å². The second-order valence-corrected chi connectivity index (χ2v) is 8.81. The minimum atomic E-state index is -0.800. The van der Waals surface area contributed by atoms with Crippen LogP contribution in [0.1, 0.15) is 16.7 Å². The molecule has 1 aliphatic heterocycles. The number of para-hydroxylation sites is 1. The molecule has 3 aromatic carbocycles. The predicted molar refractivity (Wildman–Crippen MR) is 137 cm³/mol. The molecule has 1 fully saturated rings. The fourth-order valence-electron chi connectivity index (χ4n) is 3.50. The highest BCUT2D eigenvalue weighted by Gasteiger charge is 2.37. The number of hydrogen-bond donors (Lipinski definition) is 1. The van der Waals surface area contributed by atoms with Gasteiger partial charge in [0.25, 0.3) is 17.5 Å². The molecule has 1 N–H and O–H groups in total. The van der Waals surface area contributed by atoms with Crippen LogP contribution in [0.15, 0.2) is 72.3 Å². The maximum atomic E-state index is 13.1.